The van der Waals surface area contributed by atoms with Crippen LogP contribution in [0.3, 0.4) is 0 Å². The molecule has 0 aliphatic carbocycles. The van der Waals surface area contributed by atoms with Crippen LogP contribution in [0.4, 0.5) is 0 Å². The summed E-state index contributed by atoms with van der Waals surface area (Å²) in [6.45, 7) is 3.97. The average molecular weight is 233 g/mol. The third-order valence-corrected chi connectivity index (χ3v) is 2.32. The highest BCUT2D eigenvalue weighted by atomic mass is 16.5. The topological polar surface area (TPSA) is 74.2 Å². The molecule has 2 N–H and O–H groups in total. The Kier molecular flexibility index (Phi) is 3.39. The van der Waals surface area contributed by atoms with Crippen LogP contribution in [0.5, 0.6) is 5.75 Å². The van der Waals surface area contributed by atoms with E-state index in [1.165, 1.54) is 0 Å². The van der Waals surface area contributed by atoms with Gasteiger partial charge in [-0.2, -0.15) is 4.98 Å². The number of ether oxygens (including phenoxy) is 1. The molecule has 1 heterocycles. The molecule has 2 aromatic rings. The molecule has 0 amide bonds. The molecule has 0 aliphatic rings. The fourth-order valence-electron chi connectivity index (χ4n) is 1.44. The molecule has 90 valence electrons. The van der Waals surface area contributed by atoms with Crippen molar-refractivity contribution < 1.29 is 9.26 Å². The number of aryl methyl sites for hydroxylation is 1. The second kappa shape index (κ2) is 4.97. The summed E-state index contributed by atoms with van der Waals surface area (Å²) in [5, 5.41) is 3.75. The highest BCUT2D eigenvalue weighted by molar-refractivity contribution is 5.30. The van der Waals surface area contributed by atoms with Crippen molar-refractivity contribution in [3.8, 4) is 5.75 Å². The minimum absolute atomic E-state index is 0.00836. The Balaban J connectivity index is 2.01. The molecule has 0 unspecified atom stereocenters. The van der Waals surface area contributed by atoms with Crippen molar-refractivity contribution in [3.05, 3.63) is 41.5 Å². The molecule has 0 radical (unpaired) electrons. The molecule has 1 aromatic heterocycles. The molecular formula is C12H15N3O2. The Labute approximate surface area is 99.6 Å². The zero-order valence-corrected chi connectivity index (χ0v) is 9.88. The van der Waals surface area contributed by atoms with Crippen LogP contribution in [0.2, 0.25) is 0 Å². The molecule has 17 heavy (non-hydrogen) atoms. The molecular weight excluding hydrogens is 218 g/mol. The van der Waals surface area contributed by atoms with E-state index >= 15 is 0 Å². The summed E-state index contributed by atoms with van der Waals surface area (Å²) in [4.78, 5) is 4.06. The van der Waals surface area contributed by atoms with E-state index in [-0.39, 0.29) is 6.04 Å². The number of aromatic nitrogens is 2. The van der Waals surface area contributed by atoms with Crippen molar-refractivity contribution in [3.63, 3.8) is 0 Å². The van der Waals surface area contributed by atoms with Crippen molar-refractivity contribution in [2.24, 2.45) is 5.73 Å². The third-order valence-electron chi connectivity index (χ3n) is 2.32. The van der Waals surface area contributed by atoms with E-state index in [1.807, 2.05) is 31.2 Å². The van der Waals surface area contributed by atoms with Crippen molar-refractivity contribution >= 4 is 0 Å². The van der Waals surface area contributed by atoms with Gasteiger partial charge >= 0.3 is 0 Å². The van der Waals surface area contributed by atoms with Gasteiger partial charge in [0.25, 0.3) is 0 Å². The second-order valence-corrected chi connectivity index (χ2v) is 3.88. The van der Waals surface area contributed by atoms with E-state index in [4.69, 9.17) is 15.0 Å². The zero-order valence-electron chi connectivity index (χ0n) is 9.88. The molecule has 0 bridgehead atoms. The molecule has 1 aromatic carbocycles. The summed E-state index contributed by atoms with van der Waals surface area (Å²) >= 11 is 0. The van der Waals surface area contributed by atoms with Gasteiger partial charge in [0.15, 0.2) is 6.61 Å². The lowest BCUT2D eigenvalue weighted by molar-refractivity contribution is 0.285. The van der Waals surface area contributed by atoms with Crippen LogP contribution < -0.4 is 10.5 Å². The van der Waals surface area contributed by atoms with E-state index in [1.54, 1.807) is 6.92 Å². The number of nitrogens with two attached hydrogens (primary N) is 1. The average Bonchev–Trinajstić information content (AvgIpc) is 2.73. The van der Waals surface area contributed by atoms with E-state index in [2.05, 4.69) is 10.1 Å². The lowest BCUT2D eigenvalue weighted by Crippen LogP contribution is -2.05. The SMILES string of the molecule is Cc1nc(COc2cccc([C@@H](C)N)c2)no1. The summed E-state index contributed by atoms with van der Waals surface area (Å²) in [6.07, 6.45) is 0. The zero-order chi connectivity index (χ0) is 12.3. The fourth-order valence-corrected chi connectivity index (χ4v) is 1.44. The Hall–Kier alpha value is -1.88. The molecule has 0 saturated heterocycles. The van der Waals surface area contributed by atoms with E-state index in [9.17, 15) is 0 Å². The van der Waals surface area contributed by atoms with Gasteiger partial charge in [0.1, 0.15) is 5.75 Å². The number of hydrogen-bond donors (Lipinski definition) is 1. The largest absolute Gasteiger partial charge is 0.485 e. The van der Waals surface area contributed by atoms with E-state index in [0.29, 0.717) is 18.3 Å². The Morgan fingerprint density at radius 3 is 2.94 bits per heavy atom. The van der Waals surface area contributed by atoms with Crippen LogP contribution in [0.15, 0.2) is 28.8 Å². The summed E-state index contributed by atoms with van der Waals surface area (Å²) in [5.74, 6) is 1.82. The first-order chi connectivity index (χ1) is 8.15. The predicted molar refractivity (Wildman–Crippen MR) is 62.4 cm³/mol. The number of benzene rings is 1. The Morgan fingerprint density at radius 1 is 1.47 bits per heavy atom. The van der Waals surface area contributed by atoms with Crippen LogP contribution in [0.25, 0.3) is 0 Å². The minimum Gasteiger partial charge on any atom is -0.485 e. The summed E-state index contributed by atoms with van der Waals surface area (Å²) in [6, 6.07) is 7.66. The van der Waals surface area contributed by atoms with Crippen LogP contribution in [-0.2, 0) is 6.61 Å². The first-order valence-corrected chi connectivity index (χ1v) is 5.42. The maximum Gasteiger partial charge on any atom is 0.223 e. The second-order valence-electron chi connectivity index (χ2n) is 3.88. The molecule has 0 fully saturated rings. The highest BCUT2D eigenvalue weighted by Gasteiger charge is 2.04. The van der Waals surface area contributed by atoms with E-state index in [0.717, 1.165) is 11.3 Å². The molecule has 1 atom stereocenters. The van der Waals surface area contributed by atoms with Crippen LogP contribution in [0, 0.1) is 6.92 Å². The number of hydrogen-bond acceptors (Lipinski definition) is 5. The van der Waals surface area contributed by atoms with Gasteiger partial charge in [0.2, 0.25) is 11.7 Å². The molecule has 5 nitrogen and oxygen atoms in total. The molecule has 5 heteroatoms. The quantitative estimate of drug-likeness (QED) is 0.873. The smallest absolute Gasteiger partial charge is 0.223 e. The minimum atomic E-state index is -0.00836. The van der Waals surface area contributed by atoms with Gasteiger partial charge in [-0.15, -0.1) is 0 Å². The summed E-state index contributed by atoms with van der Waals surface area (Å²) in [5.41, 5.74) is 6.83. The van der Waals surface area contributed by atoms with Crippen molar-refractivity contribution in [2.45, 2.75) is 26.5 Å². The lowest BCUT2D eigenvalue weighted by atomic mass is 10.1. The van der Waals surface area contributed by atoms with Crippen LogP contribution in [-0.4, -0.2) is 10.1 Å². The van der Waals surface area contributed by atoms with Gasteiger partial charge in [-0.1, -0.05) is 17.3 Å². The molecule has 0 saturated carbocycles. The normalized spacial score (nSPS) is 12.4. The first kappa shape index (κ1) is 11.6. The summed E-state index contributed by atoms with van der Waals surface area (Å²) in [7, 11) is 0. The fraction of sp³-hybridized carbons (Fsp3) is 0.333. The Bertz CT molecular complexity index is 494. The maximum atomic E-state index is 5.80. The molecule has 2 rings (SSSR count). The molecule has 0 spiro atoms. The lowest BCUT2D eigenvalue weighted by Gasteiger charge is -2.08. The third kappa shape index (κ3) is 3.04. The van der Waals surface area contributed by atoms with Gasteiger partial charge < -0.3 is 15.0 Å². The Morgan fingerprint density at radius 2 is 2.29 bits per heavy atom. The number of nitrogens with zero attached hydrogens (tertiary/aromatic N) is 2. The predicted octanol–water partition coefficient (Wildman–Crippen LogP) is 1.98. The van der Waals surface area contributed by atoms with Gasteiger partial charge in [0.05, 0.1) is 0 Å². The van der Waals surface area contributed by atoms with Gasteiger partial charge in [-0.3, -0.25) is 0 Å². The van der Waals surface area contributed by atoms with Gasteiger partial charge in [-0.25, -0.2) is 0 Å². The van der Waals surface area contributed by atoms with E-state index < -0.39 is 0 Å². The monoisotopic (exact) mass is 233 g/mol. The van der Waals surface area contributed by atoms with Crippen molar-refractivity contribution in [1.82, 2.24) is 10.1 Å². The highest BCUT2D eigenvalue weighted by Crippen LogP contribution is 2.18. The van der Waals surface area contributed by atoms with Crippen LogP contribution >= 0.6 is 0 Å². The van der Waals surface area contributed by atoms with Crippen molar-refractivity contribution in [1.29, 1.82) is 0 Å². The summed E-state index contributed by atoms with van der Waals surface area (Å²) < 4.78 is 10.4. The molecule has 0 aliphatic heterocycles. The first-order valence-electron chi connectivity index (χ1n) is 5.42. The van der Waals surface area contributed by atoms with Crippen LogP contribution in [0.1, 0.15) is 30.2 Å². The number of rotatable bonds is 4. The standard InChI is InChI=1S/C12H15N3O2/c1-8(13)10-4-3-5-11(6-10)16-7-12-14-9(2)17-15-12/h3-6,8H,7,13H2,1-2H3/t8-/m1/s1. The van der Waals surface area contributed by atoms with Crippen molar-refractivity contribution in [2.75, 3.05) is 0 Å². The van der Waals surface area contributed by atoms with Gasteiger partial charge in [0, 0.05) is 13.0 Å². The van der Waals surface area contributed by atoms with Gasteiger partial charge in [-0.05, 0) is 24.6 Å². The maximum absolute atomic E-state index is 5.80.